The summed E-state index contributed by atoms with van der Waals surface area (Å²) < 4.78 is 5.12. The number of aromatic nitrogens is 1. The quantitative estimate of drug-likeness (QED) is 0.841. The minimum Gasteiger partial charge on any atom is -0.361 e. The fraction of sp³-hybridized carbons (Fsp3) is 0.733. The molecule has 118 valence electrons. The van der Waals surface area contributed by atoms with Crippen LogP contribution in [0.1, 0.15) is 36.8 Å². The van der Waals surface area contributed by atoms with Crippen LogP contribution in [0.4, 0.5) is 0 Å². The molecule has 1 aromatic heterocycles. The second-order valence-corrected chi connectivity index (χ2v) is 7.12. The van der Waals surface area contributed by atoms with E-state index in [9.17, 15) is 4.79 Å². The van der Waals surface area contributed by atoms with E-state index >= 15 is 0 Å². The molecule has 1 aromatic rings. The van der Waals surface area contributed by atoms with Crippen molar-refractivity contribution in [2.75, 3.05) is 25.4 Å². The highest BCUT2D eigenvalue weighted by atomic mass is 32.2. The predicted molar refractivity (Wildman–Crippen MR) is 85.4 cm³/mol. The lowest BCUT2D eigenvalue weighted by Crippen LogP contribution is -2.43. The SMILES string of the molecule is Cc1noc(C)c1CSCC(=O)NCC1(C)CCNCC1. The zero-order chi connectivity index (χ0) is 15.3. The number of hydrogen-bond acceptors (Lipinski definition) is 5. The monoisotopic (exact) mass is 311 g/mol. The first-order valence-electron chi connectivity index (χ1n) is 7.47. The molecule has 2 heterocycles. The van der Waals surface area contributed by atoms with Crippen molar-refractivity contribution in [2.24, 2.45) is 5.41 Å². The van der Waals surface area contributed by atoms with E-state index in [0.717, 1.165) is 55.2 Å². The van der Waals surface area contributed by atoms with E-state index in [0.29, 0.717) is 5.75 Å². The van der Waals surface area contributed by atoms with Crippen LogP contribution in [0, 0.1) is 19.3 Å². The third-order valence-corrected chi connectivity index (χ3v) is 5.14. The summed E-state index contributed by atoms with van der Waals surface area (Å²) in [5.74, 6) is 2.22. The Morgan fingerprint density at radius 3 is 2.76 bits per heavy atom. The molecule has 6 heteroatoms. The number of nitrogens with zero attached hydrogens (tertiary/aromatic N) is 1. The van der Waals surface area contributed by atoms with Gasteiger partial charge in [-0.3, -0.25) is 4.79 Å². The van der Waals surface area contributed by atoms with Crippen molar-refractivity contribution in [3.63, 3.8) is 0 Å². The van der Waals surface area contributed by atoms with Gasteiger partial charge in [0.05, 0.1) is 11.4 Å². The van der Waals surface area contributed by atoms with E-state index in [-0.39, 0.29) is 11.3 Å². The summed E-state index contributed by atoms with van der Waals surface area (Å²) >= 11 is 1.61. The summed E-state index contributed by atoms with van der Waals surface area (Å²) in [4.78, 5) is 11.9. The third-order valence-electron chi connectivity index (χ3n) is 4.18. The van der Waals surface area contributed by atoms with Gasteiger partial charge in [-0.25, -0.2) is 0 Å². The molecule has 1 saturated heterocycles. The van der Waals surface area contributed by atoms with Crippen LogP contribution in [-0.2, 0) is 10.5 Å². The Morgan fingerprint density at radius 1 is 1.43 bits per heavy atom. The van der Waals surface area contributed by atoms with Crippen LogP contribution in [0.2, 0.25) is 0 Å². The molecule has 1 fully saturated rings. The van der Waals surface area contributed by atoms with E-state index in [4.69, 9.17) is 4.52 Å². The van der Waals surface area contributed by atoms with Gasteiger partial charge in [0, 0.05) is 17.9 Å². The number of rotatable bonds is 6. The summed E-state index contributed by atoms with van der Waals surface area (Å²) in [6, 6.07) is 0. The van der Waals surface area contributed by atoms with Gasteiger partial charge in [0.15, 0.2) is 0 Å². The van der Waals surface area contributed by atoms with E-state index in [1.807, 2.05) is 13.8 Å². The van der Waals surface area contributed by atoms with Gasteiger partial charge in [-0.1, -0.05) is 12.1 Å². The van der Waals surface area contributed by atoms with E-state index in [2.05, 4.69) is 22.7 Å². The molecule has 2 N–H and O–H groups in total. The molecule has 1 aliphatic heterocycles. The molecular formula is C15H25N3O2S. The van der Waals surface area contributed by atoms with Gasteiger partial charge in [-0.05, 0) is 45.2 Å². The highest BCUT2D eigenvalue weighted by Gasteiger charge is 2.26. The molecule has 21 heavy (non-hydrogen) atoms. The maximum atomic E-state index is 11.9. The fourth-order valence-corrected chi connectivity index (χ4v) is 3.53. The van der Waals surface area contributed by atoms with Crippen molar-refractivity contribution in [3.8, 4) is 0 Å². The largest absolute Gasteiger partial charge is 0.361 e. The lowest BCUT2D eigenvalue weighted by molar-refractivity contribution is -0.119. The standard InChI is InChI=1S/C15H25N3O2S/c1-11-13(12(2)20-18-11)8-21-9-14(19)17-10-15(3)4-6-16-7-5-15/h16H,4-10H2,1-3H3,(H,17,19). The van der Waals surface area contributed by atoms with Gasteiger partial charge in [0.2, 0.25) is 5.91 Å². The molecular weight excluding hydrogens is 286 g/mol. The second-order valence-electron chi connectivity index (χ2n) is 6.13. The lowest BCUT2D eigenvalue weighted by atomic mass is 9.81. The maximum Gasteiger partial charge on any atom is 0.230 e. The third kappa shape index (κ3) is 4.74. The average molecular weight is 311 g/mol. The average Bonchev–Trinajstić information content (AvgIpc) is 2.78. The van der Waals surface area contributed by atoms with Gasteiger partial charge >= 0.3 is 0 Å². The van der Waals surface area contributed by atoms with Crippen molar-refractivity contribution in [1.29, 1.82) is 0 Å². The topological polar surface area (TPSA) is 67.2 Å². The molecule has 1 amide bonds. The molecule has 0 aromatic carbocycles. The minimum absolute atomic E-state index is 0.117. The summed E-state index contributed by atoms with van der Waals surface area (Å²) in [7, 11) is 0. The molecule has 0 radical (unpaired) electrons. The van der Waals surface area contributed by atoms with Gasteiger partial charge in [0.25, 0.3) is 0 Å². The first-order chi connectivity index (χ1) is 10.0. The van der Waals surface area contributed by atoms with Crippen molar-refractivity contribution in [2.45, 2.75) is 39.4 Å². The number of nitrogens with one attached hydrogen (secondary N) is 2. The van der Waals surface area contributed by atoms with Gasteiger partial charge in [-0.15, -0.1) is 11.8 Å². The van der Waals surface area contributed by atoms with E-state index in [1.165, 1.54) is 0 Å². The van der Waals surface area contributed by atoms with Crippen molar-refractivity contribution < 1.29 is 9.32 Å². The molecule has 0 spiro atoms. The molecule has 1 aliphatic rings. The van der Waals surface area contributed by atoms with Crippen LogP contribution >= 0.6 is 11.8 Å². The minimum atomic E-state index is 0.117. The first-order valence-corrected chi connectivity index (χ1v) is 8.62. The van der Waals surface area contributed by atoms with E-state index < -0.39 is 0 Å². The molecule has 0 saturated carbocycles. The number of carbonyl (C=O) groups excluding carboxylic acids is 1. The fourth-order valence-electron chi connectivity index (χ4n) is 2.52. The lowest BCUT2D eigenvalue weighted by Gasteiger charge is -2.34. The molecule has 2 rings (SSSR count). The summed E-state index contributed by atoms with van der Waals surface area (Å²) in [5, 5.41) is 10.4. The molecule has 0 unspecified atom stereocenters. The van der Waals surface area contributed by atoms with Crippen molar-refractivity contribution in [3.05, 3.63) is 17.0 Å². The summed E-state index contributed by atoms with van der Waals surface area (Å²) in [6.07, 6.45) is 2.25. The van der Waals surface area contributed by atoms with Gasteiger partial charge < -0.3 is 15.2 Å². The van der Waals surface area contributed by atoms with E-state index in [1.54, 1.807) is 11.8 Å². The Labute approximate surface area is 130 Å². The van der Waals surface area contributed by atoms with Crippen LogP contribution in [0.15, 0.2) is 4.52 Å². The number of amides is 1. The van der Waals surface area contributed by atoms with Crippen molar-refractivity contribution >= 4 is 17.7 Å². The number of thioether (sulfide) groups is 1. The number of hydrogen-bond donors (Lipinski definition) is 2. The highest BCUT2D eigenvalue weighted by Crippen LogP contribution is 2.26. The Bertz CT molecular complexity index is 462. The highest BCUT2D eigenvalue weighted by molar-refractivity contribution is 7.99. The molecule has 0 bridgehead atoms. The van der Waals surface area contributed by atoms with Crippen molar-refractivity contribution in [1.82, 2.24) is 15.8 Å². The van der Waals surface area contributed by atoms with Gasteiger partial charge in [-0.2, -0.15) is 0 Å². The number of piperidine rings is 1. The van der Waals surface area contributed by atoms with Crippen LogP contribution in [0.5, 0.6) is 0 Å². The zero-order valence-corrected chi connectivity index (χ0v) is 13.9. The molecule has 5 nitrogen and oxygen atoms in total. The first kappa shape index (κ1) is 16.4. The number of carbonyl (C=O) groups is 1. The smallest absolute Gasteiger partial charge is 0.230 e. The maximum absolute atomic E-state index is 11.9. The summed E-state index contributed by atoms with van der Waals surface area (Å²) in [6.45, 7) is 8.98. The second kappa shape index (κ2) is 7.31. The predicted octanol–water partition coefficient (Wildman–Crippen LogP) is 2.03. The Kier molecular flexibility index (Phi) is 5.70. The number of aryl methyl sites for hydroxylation is 2. The normalized spacial score (nSPS) is 17.7. The zero-order valence-electron chi connectivity index (χ0n) is 13.1. The Morgan fingerprint density at radius 2 is 2.14 bits per heavy atom. The van der Waals surface area contributed by atoms with Crippen LogP contribution in [0.25, 0.3) is 0 Å². The Hall–Kier alpha value is -1.01. The molecule has 0 atom stereocenters. The molecule has 0 aliphatic carbocycles. The Balaban J connectivity index is 1.68. The van der Waals surface area contributed by atoms with Crippen LogP contribution in [-0.4, -0.2) is 36.5 Å². The van der Waals surface area contributed by atoms with Crippen LogP contribution in [0.3, 0.4) is 0 Å². The van der Waals surface area contributed by atoms with Crippen LogP contribution < -0.4 is 10.6 Å². The van der Waals surface area contributed by atoms with Gasteiger partial charge in [0.1, 0.15) is 5.76 Å². The summed E-state index contributed by atoms with van der Waals surface area (Å²) in [5.41, 5.74) is 2.27.